The number of hydrogen-bond acceptors (Lipinski definition) is 3. The van der Waals surface area contributed by atoms with Gasteiger partial charge >= 0.3 is 0 Å². The van der Waals surface area contributed by atoms with Crippen LogP contribution in [0.25, 0.3) is 0 Å². The van der Waals surface area contributed by atoms with Gasteiger partial charge in [-0.2, -0.15) is 0 Å². The highest BCUT2D eigenvalue weighted by molar-refractivity contribution is 5.76. The molecule has 1 amide bonds. The van der Waals surface area contributed by atoms with Crippen LogP contribution in [0.4, 0.5) is 0 Å². The minimum Gasteiger partial charge on any atom is -0.508 e. The lowest BCUT2D eigenvalue weighted by Crippen LogP contribution is -2.25. The Labute approximate surface area is 101 Å². The van der Waals surface area contributed by atoms with E-state index in [4.69, 9.17) is 0 Å². The Hall–Kier alpha value is -1.71. The third-order valence-corrected chi connectivity index (χ3v) is 2.61. The molecule has 0 radical (unpaired) electrons. The smallest absolute Gasteiger partial charge is 0.220 e. The van der Waals surface area contributed by atoms with E-state index in [1.165, 1.54) is 12.1 Å². The lowest BCUT2D eigenvalue weighted by atomic mass is 9.96. The van der Waals surface area contributed by atoms with Gasteiger partial charge in [-0.05, 0) is 24.0 Å². The van der Waals surface area contributed by atoms with Gasteiger partial charge in [0.25, 0.3) is 0 Å². The molecular weight excluding hydrogens is 218 g/mol. The molecule has 1 atom stereocenters. The van der Waals surface area contributed by atoms with E-state index in [-0.39, 0.29) is 23.3 Å². The van der Waals surface area contributed by atoms with Crippen molar-refractivity contribution in [2.45, 2.75) is 32.6 Å². The number of benzene rings is 1. The summed E-state index contributed by atoms with van der Waals surface area (Å²) in [5, 5.41) is 21.6. The van der Waals surface area contributed by atoms with Crippen LogP contribution < -0.4 is 5.32 Å². The summed E-state index contributed by atoms with van der Waals surface area (Å²) in [5.74, 6) is -0.0473. The quantitative estimate of drug-likeness (QED) is 0.734. The summed E-state index contributed by atoms with van der Waals surface area (Å²) >= 11 is 0. The van der Waals surface area contributed by atoms with Crippen LogP contribution in [-0.4, -0.2) is 22.7 Å². The number of hydrogen-bond donors (Lipinski definition) is 3. The molecule has 94 valence electrons. The van der Waals surface area contributed by atoms with E-state index in [1.54, 1.807) is 6.07 Å². The largest absolute Gasteiger partial charge is 0.508 e. The first-order valence-corrected chi connectivity index (χ1v) is 5.83. The molecule has 4 nitrogen and oxygen atoms in total. The first kappa shape index (κ1) is 13.4. The Morgan fingerprint density at radius 2 is 2.12 bits per heavy atom. The second kappa shape index (κ2) is 6.13. The van der Waals surface area contributed by atoms with Crippen molar-refractivity contribution in [2.24, 2.45) is 0 Å². The van der Waals surface area contributed by atoms with E-state index in [1.807, 2.05) is 13.8 Å². The van der Waals surface area contributed by atoms with Gasteiger partial charge in [0, 0.05) is 19.0 Å². The fourth-order valence-corrected chi connectivity index (χ4v) is 1.67. The zero-order valence-electron chi connectivity index (χ0n) is 10.2. The third-order valence-electron chi connectivity index (χ3n) is 2.61. The summed E-state index contributed by atoms with van der Waals surface area (Å²) in [7, 11) is 0. The van der Waals surface area contributed by atoms with Gasteiger partial charge in [-0.1, -0.05) is 19.9 Å². The predicted molar refractivity (Wildman–Crippen MR) is 66.1 cm³/mol. The predicted octanol–water partition coefficient (Wildman–Crippen LogP) is 2.12. The van der Waals surface area contributed by atoms with E-state index >= 15 is 0 Å². The molecule has 0 saturated heterocycles. The number of nitrogens with one attached hydrogen (secondary N) is 1. The van der Waals surface area contributed by atoms with Gasteiger partial charge in [0.1, 0.15) is 11.5 Å². The molecule has 1 unspecified atom stereocenters. The molecule has 0 aromatic heterocycles. The van der Waals surface area contributed by atoms with Gasteiger partial charge in [-0.3, -0.25) is 4.79 Å². The topological polar surface area (TPSA) is 69.6 Å². The Bertz CT molecular complexity index is 390. The second-order valence-corrected chi connectivity index (χ2v) is 4.20. The van der Waals surface area contributed by atoms with Crippen molar-refractivity contribution >= 4 is 5.91 Å². The fraction of sp³-hybridized carbons (Fsp3) is 0.462. The van der Waals surface area contributed by atoms with Crippen LogP contribution in [-0.2, 0) is 4.79 Å². The summed E-state index contributed by atoms with van der Waals surface area (Å²) in [6.07, 6.45) is 1.24. The van der Waals surface area contributed by atoms with Gasteiger partial charge < -0.3 is 15.5 Å². The molecule has 0 fully saturated rings. The number of carbonyl (C=O) groups is 1. The molecule has 0 spiro atoms. The molecule has 0 bridgehead atoms. The van der Waals surface area contributed by atoms with Crippen molar-refractivity contribution in [2.75, 3.05) is 6.54 Å². The number of carbonyl (C=O) groups excluding carboxylic acids is 1. The van der Waals surface area contributed by atoms with Crippen LogP contribution in [0.2, 0.25) is 0 Å². The Kier molecular flexibility index (Phi) is 4.82. The standard InChI is InChI=1S/C13H19NO3/c1-3-6-14-13(17)7-9(2)11-5-4-10(15)8-12(11)16/h4-5,8-9,15-16H,3,6-7H2,1-2H3,(H,14,17). The Morgan fingerprint density at radius 1 is 1.41 bits per heavy atom. The minimum atomic E-state index is -0.0764. The molecule has 1 aromatic rings. The normalized spacial score (nSPS) is 12.1. The molecule has 0 aliphatic heterocycles. The van der Waals surface area contributed by atoms with Crippen LogP contribution >= 0.6 is 0 Å². The van der Waals surface area contributed by atoms with E-state index < -0.39 is 0 Å². The molecule has 1 rings (SSSR count). The van der Waals surface area contributed by atoms with Crippen molar-refractivity contribution in [1.82, 2.24) is 5.32 Å². The maximum absolute atomic E-state index is 11.5. The maximum atomic E-state index is 11.5. The van der Waals surface area contributed by atoms with Crippen LogP contribution in [0, 0.1) is 0 Å². The molecular formula is C13H19NO3. The third kappa shape index (κ3) is 3.98. The molecule has 0 heterocycles. The molecule has 0 saturated carbocycles. The van der Waals surface area contributed by atoms with Crippen LogP contribution in [0.15, 0.2) is 18.2 Å². The van der Waals surface area contributed by atoms with Gasteiger partial charge in [0.15, 0.2) is 0 Å². The monoisotopic (exact) mass is 237 g/mol. The van der Waals surface area contributed by atoms with Gasteiger partial charge in [0.05, 0.1) is 0 Å². The molecule has 1 aromatic carbocycles. The Balaban J connectivity index is 2.63. The van der Waals surface area contributed by atoms with E-state index in [0.717, 1.165) is 6.42 Å². The van der Waals surface area contributed by atoms with Crippen LogP contribution in [0.5, 0.6) is 11.5 Å². The van der Waals surface area contributed by atoms with Gasteiger partial charge in [-0.15, -0.1) is 0 Å². The van der Waals surface area contributed by atoms with Crippen molar-refractivity contribution < 1.29 is 15.0 Å². The van der Waals surface area contributed by atoms with E-state index in [9.17, 15) is 15.0 Å². The number of rotatable bonds is 5. The highest BCUT2D eigenvalue weighted by atomic mass is 16.3. The average molecular weight is 237 g/mol. The maximum Gasteiger partial charge on any atom is 0.220 e. The highest BCUT2D eigenvalue weighted by Gasteiger charge is 2.14. The van der Waals surface area contributed by atoms with Gasteiger partial charge in [-0.25, -0.2) is 0 Å². The molecule has 0 aliphatic rings. The number of amides is 1. The zero-order chi connectivity index (χ0) is 12.8. The van der Waals surface area contributed by atoms with E-state index in [0.29, 0.717) is 18.5 Å². The summed E-state index contributed by atoms with van der Waals surface area (Å²) < 4.78 is 0. The summed E-state index contributed by atoms with van der Waals surface area (Å²) in [4.78, 5) is 11.5. The first-order valence-electron chi connectivity index (χ1n) is 5.83. The van der Waals surface area contributed by atoms with Crippen LogP contribution in [0.1, 0.15) is 38.2 Å². The molecule has 0 aliphatic carbocycles. The van der Waals surface area contributed by atoms with Crippen molar-refractivity contribution in [3.63, 3.8) is 0 Å². The van der Waals surface area contributed by atoms with Crippen molar-refractivity contribution in [3.05, 3.63) is 23.8 Å². The average Bonchev–Trinajstić information content (AvgIpc) is 2.26. The number of aromatic hydroxyl groups is 2. The van der Waals surface area contributed by atoms with Crippen molar-refractivity contribution in [1.29, 1.82) is 0 Å². The number of phenols is 2. The SMILES string of the molecule is CCCNC(=O)CC(C)c1ccc(O)cc1O. The van der Waals surface area contributed by atoms with Crippen LogP contribution in [0.3, 0.4) is 0 Å². The minimum absolute atomic E-state index is 0.0215. The van der Waals surface area contributed by atoms with Gasteiger partial charge in [0.2, 0.25) is 5.91 Å². The Morgan fingerprint density at radius 3 is 2.71 bits per heavy atom. The summed E-state index contributed by atoms with van der Waals surface area (Å²) in [6, 6.07) is 4.44. The molecule has 3 N–H and O–H groups in total. The summed E-state index contributed by atoms with van der Waals surface area (Å²) in [5.41, 5.74) is 0.675. The zero-order valence-corrected chi connectivity index (χ0v) is 10.2. The fourth-order valence-electron chi connectivity index (χ4n) is 1.67. The first-order chi connectivity index (χ1) is 8.04. The lowest BCUT2D eigenvalue weighted by Gasteiger charge is -2.13. The lowest BCUT2D eigenvalue weighted by molar-refractivity contribution is -0.121. The highest BCUT2D eigenvalue weighted by Crippen LogP contribution is 2.30. The summed E-state index contributed by atoms with van der Waals surface area (Å²) in [6.45, 7) is 4.54. The second-order valence-electron chi connectivity index (χ2n) is 4.20. The molecule has 4 heteroatoms. The van der Waals surface area contributed by atoms with Crippen molar-refractivity contribution in [3.8, 4) is 11.5 Å². The molecule has 17 heavy (non-hydrogen) atoms. The van der Waals surface area contributed by atoms with E-state index in [2.05, 4.69) is 5.32 Å². The number of phenolic OH excluding ortho intramolecular Hbond substituents is 2.